The van der Waals surface area contributed by atoms with Gasteiger partial charge in [0.05, 0.1) is 16.6 Å². The minimum atomic E-state index is -1.17. The van der Waals surface area contributed by atoms with Gasteiger partial charge in [0.15, 0.2) is 0 Å². The van der Waals surface area contributed by atoms with Crippen molar-refractivity contribution in [2.24, 2.45) is 0 Å². The van der Waals surface area contributed by atoms with Gasteiger partial charge in [0.25, 0.3) is 5.69 Å². The minimum Gasteiger partial charge on any atom is -0.459 e. The van der Waals surface area contributed by atoms with Crippen LogP contribution in [0.1, 0.15) is 32.4 Å². The highest BCUT2D eigenvalue weighted by Gasteiger charge is 2.43. The molecule has 28 heavy (non-hydrogen) atoms. The number of imide groups is 1. The van der Waals surface area contributed by atoms with Gasteiger partial charge < -0.3 is 15.0 Å². The third kappa shape index (κ3) is 4.11. The molecule has 0 aromatic heterocycles. The van der Waals surface area contributed by atoms with Gasteiger partial charge >= 0.3 is 18.0 Å². The van der Waals surface area contributed by atoms with Crippen LogP contribution in [-0.4, -0.2) is 53.0 Å². The summed E-state index contributed by atoms with van der Waals surface area (Å²) in [6.07, 6.45) is -0.436. The number of benzene rings is 1. The third-order valence-corrected chi connectivity index (χ3v) is 4.00. The summed E-state index contributed by atoms with van der Waals surface area (Å²) in [6.45, 7) is 4.84. The number of hydrogen-bond acceptors (Lipinski definition) is 6. The molecule has 1 unspecified atom stereocenters. The summed E-state index contributed by atoms with van der Waals surface area (Å²) in [5.41, 5.74) is 0.267. The van der Waals surface area contributed by atoms with E-state index in [9.17, 15) is 24.5 Å². The summed E-state index contributed by atoms with van der Waals surface area (Å²) < 4.78 is 5.28. The summed E-state index contributed by atoms with van der Waals surface area (Å²) in [4.78, 5) is 50.6. The number of nitro groups is 1. The fourth-order valence-corrected chi connectivity index (χ4v) is 2.82. The summed E-state index contributed by atoms with van der Waals surface area (Å²) in [7, 11) is 2.91. The van der Waals surface area contributed by atoms with E-state index in [-0.39, 0.29) is 22.5 Å². The lowest BCUT2D eigenvalue weighted by Gasteiger charge is -2.37. The number of ether oxygens (including phenoxy) is 1. The molecule has 0 saturated heterocycles. The van der Waals surface area contributed by atoms with E-state index in [2.05, 4.69) is 5.32 Å². The number of carbonyl (C=O) groups is 3. The van der Waals surface area contributed by atoms with E-state index in [0.29, 0.717) is 0 Å². The molecule has 10 nitrogen and oxygen atoms in total. The standard InChI is InChI=1S/C18H22N4O6/c1-10(2)28-16(23)14-11(3)19-17(24)21(18(25)20(4)5)15(14)12-7-6-8-13(9-12)22(26)27/h6-10,15H,1-5H3,(H,19,24). The number of rotatable bonds is 4. The minimum absolute atomic E-state index is 0.0315. The van der Waals surface area contributed by atoms with Crippen LogP contribution in [0, 0.1) is 10.1 Å². The van der Waals surface area contributed by atoms with Gasteiger partial charge in [-0.3, -0.25) is 10.1 Å². The second-order valence-electron chi connectivity index (χ2n) is 6.72. The van der Waals surface area contributed by atoms with Gasteiger partial charge in [-0.25, -0.2) is 19.3 Å². The van der Waals surface area contributed by atoms with E-state index in [0.717, 1.165) is 4.90 Å². The molecule has 1 aromatic carbocycles. The zero-order valence-corrected chi connectivity index (χ0v) is 16.3. The number of allylic oxidation sites excluding steroid dienone is 1. The Labute approximate surface area is 161 Å². The van der Waals surface area contributed by atoms with Crippen molar-refractivity contribution in [3.8, 4) is 0 Å². The smallest absolute Gasteiger partial charge is 0.338 e. The zero-order valence-electron chi connectivity index (χ0n) is 16.3. The quantitative estimate of drug-likeness (QED) is 0.479. The molecule has 0 bridgehead atoms. The monoisotopic (exact) mass is 390 g/mol. The summed E-state index contributed by atoms with van der Waals surface area (Å²) in [6, 6.07) is 2.86. The Morgan fingerprint density at radius 3 is 2.50 bits per heavy atom. The molecule has 1 aliphatic heterocycles. The van der Waals surface area contributed by atoms with Crippen LogP contribution in [0.25, 0.3) is 0 Å². The molecule has 0 aliphatic carbocycles. The van der Waals surface area contributed by atoms with Crippen LogP contribution in [0.4, 0.5) is 15.3 Å². The summed E-state index contributed by atoms with van der Waals surface area (Å²) in [5, 5.41) is 13.7. The first-order valence-corrected chi connectivity index (χ1v) is 8.52. The van der Waals surface area contributed by atoms with E-state index in [1.165, 1.54) is 50.2 Å². The molecule has 10 heteroatoms. The lowest BCUT2D eigenvalue weighted by atomic mass is 9.93. The van der Waals surface area contributed by atoms with Crippen LogP contribution < -0.4 is 5.32 Å². The number of amides is 4. The topological polar surface area (TPSA) is 122 Å². The molecule has 1 N–H and O–H groups in total. The first-order chi connectivity index (χ1) is 13.0. The maximum Gasteiger partial charge on any atom is 0.338 e. The Hall–Kier alpha value is -3.43. The number of nitro benzene ring substituents is 1. The van der Waals surface area contributed by atoms with Gasteiger partial charge in [-0.15, -0.1) is 0 Å². The SMILES string of the molecule is CC1=C(C(=O)OC(C)C)C(c2cccc([N+](=O)[O-])c2)N(C(=O)N(C)C)C(=O)N1. The molecular weight excluding hydrogens is 368 g/mol. The van der Waals surface area contributed by atoms with Crippen LogP contribution in [0.5, 0.6) is 0 Å². The molecule has 150 valence electrons. The van der Waals surface area contributed by atoms with Gasteiger partial charge in [0.1, 0.15) is 6.04 Å². The van der Waals surface area contributed by atoms with Gasteiger partial charge in [0, 0.05) is 31.9 Å². The van der Waals surface area contributed by atoms with Crippen LogP contribution >= 0.6 is 0 Å². The Balaban J connectivity index is 2.70. The lowest BCUT2D eigenvalue weighted by Crippen LogP contribution is -2.54. The van der Waals surface area contributed by atoms with Crippen molar-refractivity contribution in [3.05, 3.63) is 51.2 Å². The molecule has 1 atom stereocenters. The van der Waals surface area contributed by atoms with Crippen molar-refractivity contribution in [2.75, 3.05) is 14.1 Å². The first kappa shape index (κ1) is 20.9. The van der Waals surface area contributed by atoms with E-state index in [4.69, 9.17) is 4.74 Å². The third-order valence-electron chi connectivity index (χ3n) is 4.00. The molecule has 4 amide bonds. The van der Waals surface area contributed by atoms with E-state index < -0.39 is 35.1 Å². The maximum absolute atomic E-state index is 12.7. The first-order valence-electron chi connectivity index (χ1n) is 8.52. The predicted molar refractivity (Wildman–Crippen MR) is 99.2 cm³/mol. The zero-order chi connectivity index (χ0) is 21.2. The van der Waals surface area contributed by atoms with Crippen molar-refractivity contribution >= 4 is 23.7 Å². The average Bonchev–Trinajstić information content (AvgIpc) is 2.59. The summed E-state index contributed by atoms with van der Waals surface area (Å²) in [5.74, 6) is -0.722. The number of hydrogen-bond donors (Lipinski definition) is 1. The van der Waals surface area contributed by atoms with Crippen molar-refractivity contribution in [2.45, 2.75) is 32.9 Å². The second kappa shape index (κ2) is 8.07. The Morgan fingerprint density at radius 1 is 1.32 bits per heavy atom. The fraction of sp³-hybridized carbons (Fsp3) is 0.389. The Kier molecular flexibility index (Phi) is 6.02. The highest BCUT2D eigenvalue weighted by atomic mass is 16.6. The van der Waals surface area contributed by atoms with E-state index in [1.807, 2.05) is 0 Å². The number of urea groups is 2. The van der Waals surface area contributed by atoms with Crippen LogP contribution in [0.2, 0.25) is 0 Å². The maximum atomic E-state index is 12.7. The van der Waals surface area contributed by atoms with Crippen LogP contribution in [0.3, 0.4) is 0 Å². The Bertz CT molecular complexity index is 861. The highest BCUT2D eigenvalue weighted by molar-refractivity contribution is 6.01. The molecule has 0 radical (unpaired) electrons. The molecule has 2 rings (SSSR count). The van der Waals surface area contributed by atoms with Crippen molar-refractivity contribution < 1.29 is 24.0 Å². The normalized spacial score (nSPS) is 16.7. The predicted octanol–water partition coefficient (Wildman–Crippen LogP) is 2.57. The molecule has 0 saturated carbocycles. The average molecular weight is 390 g/mol. The van der Waals surface area contributed by atoms with E-state index >= 15 is 0 Å². The van der Waals surface area contributed by atoms with Crippen molar-refractivity contribution in [3.63, 3.8) is 0 Å². The molecule has 1 heterocycles. The van der Waals surface area contributed by atoms with Gasteiger partial charge in [-0.2, -0.15) is 0 Å². The Morgan fingerprint density at radius 2 is 1.96 bits per heavy atom. The second-order valence-corrected chi connectivity index (χ2v) is 6.72. The number of nitrogens with one attached hydrogen (secondary N) is 1. The number of carbonyl (C=O) groups excluding carboxylic acids is 3. The summed E-state index contributed by atoms with van der Waals surface area (Å²) >= 11 is 0. The van der Waals surface area contributed by atoms with E-state index in [1.54, 1.807) is 13.8 Å². The number of non-ortho nitro benzene ring substituents is 1. The van der Waals surface area contributed by atoms with Crippen molar-refractivity contribution in [1.29, 1.82) is 0 Å². The van der Waals surface area contributed by atoms with Crippen LogP contribution in [-0.2, 0) is 9.53 Å². The molecule has 1 aliphatic rings. The highest BCUT2D eigenvalue weighted by Crippen LogP contribution is 2.36. The van der Waals surface area contributed by atoms with Gasteiger partial charge in [-0.05, 0) is 26.3 Å². The van der Waals surface area contributed by atoms with Gasteiger partial charge in [0.2, 0.25) is 0 Å². The number of nitrogens with zero attached hydrogens (tertiary/aromatic N) is 3. The molecular formula is C18H22N4O6. The molecule has 0 spiro atoms. The van der Waals surface area contributed by atoms with Gasteiger partial charge in [-0.1, -0.05) is 12.1 Å². The van der Waals surface area contributed by atoms with Crippen molar-refractivity contribution in [1.82, 2.24) is 15.1 Å². The lowest BCUT2D eigenvalue weighted by molar-refractivity contribution is -0.384. The molecule has 1 aromatic rings. The largest absolute Gasteiger partial charge is 0.459 e. The molecule has 0 fully saturated rings. The van der Waals surface area contributed by atoms with Crippen LogP contribution in [0.15, 0.2) is 35.5 Å². The fourth-order valence-electron chi connectivity index (χ4n) is 2.82. The number of esters is 1.